The predicted molar refractivity (Wildman–Crippen MR) is 70.8 cm³/mol. The topological polar surface area (TPSA) is 78.1 Å². The fourth-order valence-corrected chi connectivity index (χ4v) is 2.32. The molecule has 0 atom stereocenters. The Morgan fingerprint density at radius 2 is 2.17 bits per heavy atom. The molecule has 0 spiro atoms. The molecule has 0 saturated heterocycles. The van der Waals surface area contributed by atoms with Crippen molar-refractivity contribution in [2.24, 2.45) is 0 Å². The third-order valence-electron chi connectivity index (χ3n) is 2.22. The Morgan fingerprint density at radius 1 is 1.44 bits per heavy atom. The van der Waals surface area contributed by atoms with Crippen molar-refractivity contribution >= 4 is 34.7 Å². The number of anilines is 1. The summed E-state index contributed by atoms with van der Waals surface area (Å²) in [5.74, 6) is -0.202. The van der Waals surface area contributed by atoms with Crippen molar-refractivity contribution in [1.29, 1.82) is 0 Å². The van der Waals surface area contributed by atoms with E-state index in [4.69, 9.17) is 17.3 Å². The molecule has 2 heterocycles. The zero-order valence-electron chi connectivity index (χ0n) is 9.73. The molecule has 0 saturated carbocycles. The van der Waals surface area contributed by atoms with Gasteiger partial charge in [-0.2, -0.15) is 0 Å². The standard InChI is InChI=1S/C11H10ClN3O2S/c1-5-3-4-6(18-5)10-14-8(11(16)17-2)7(12)9(13)15-10/h3-4H,1-2H3,(H2,13,14,15). The molecule has 7 heteroatoms. The highest BCUT2D eigenvalue weighted by Gasteiger charge is 2.19. The number of halogens is 1. The number of nitrogens with two attached hydrogens (primary N) is 1. The fourth-order valence-electron chi connectivity index (χ4n) is 1.36. The number of hydrogen-bond donors (Lipinski definition) is 1. The minimum Gasteiger partial charge on any atom is -0.464 e. The van der Waals surface area contributed by atoms with Crippen molar-refractivity contribution < 1.29 is 9.53 Å². The van der Waals surface area contributed by atoms with E-state index in [1.165, 1.54) is 18.4 Å². The second kappa shape index (κ2) is 4.91. The molecule has 18 heavy (non-hydrogen) atoms. The van der Waals surface area contributed by atoms with Gasteiger partial charge in [0.25, 0.3) is 0 Å². The summed E-state index contributed by atoms with van der Waals surface area (Å²) in [5, 5.41) is 0.0129. The number of carbonyl (C=O) groups is 1. The molecule has 0 aromatic carbocycles. The number of rotatable bonds is 2. The first-order valence-corrected chi connectivity index (χ1v) is 6.20. The maximum Gasteiger partial charge on any atom is 0.358 e. The molecule has 0 aliphatic heterocycles. The lowest BCUT2D eigenvalue weighted by atomic mass is 10.3. The molecular weight excluding hydrogens is 274 g/mol. The highest BCUT2D eigenvalue weighted by molar-refractivity contribution is 7.15. The van der Waals surface area contributed by atoms with Gasteiger partial charge in [0.1, 0.15) is 10.8 Å². The van der Waals surface area contributed by atoms with E-state index in [1.54, 1.807) is 0 Å². The second-order valence-electron chi connectivity index (χ2n) is 3.50. The quantitative estimate of drug-likeness (QED) is 0.857. The number of aryl methyl sites for hydroxylation is 1. The maximum atomic E-state index is 11.5. The minimum absolute atomic E-state index is 0.0129. The van der Waals surface area contributed by atoms with E-state index in [1.807, 2.05) is 19.1 Å². The largest absolute Gasteiger partial charge is 0.464 e. The smallest absolute Gasteiger partial charge is 0.358 e. The van der Waals surface area contributed by atoms with Crippen LogP contribution in [0.4, 0.5) is 5.82 Å². The van der Waals surface area contributed by atoms with Gasteiger partial charge in [0.05, 0.1) is 12.0 Å². The summed E-state index contributed by atoms with van der Waals surface area (Å²) >= 11 is 7.39. The van der Waals surface area contributed by atoms with E-state index in [0.29, 0.717) is 5.82 Å². The third kappa shape index (κ3) is 2.30. The SMILES string of the molecule is COC(=O)c1nc(-c2ccc(C)s2)nc(N)c1Cl. The van der Waals surface area contributed by atoms with E-state index in [-0.39, 0.29) is 16.5 Å². The first kappa shape index (κ1) is 12.8. The first-order valence-electron chi connectivity index (χ1n) is 5.01. The molecular formula is C11H10ClN3O2S. The zero-order chi connectivity index (χ0) is 13.3. The van der Waals surface area contributed by atoms with E-state index in [9.17, 15) is 4.79 Å². The lowest BCUT2D eigenvalue weighted by Gasteiger charge is -2.05. The Kier molecular flexibility index (Phi) is 3.49. The number of thiophene rings is 1. The highest BCUT2D eigenvalue weighted by atomic mass is 35.5. The van der Waals surface area contributed by atoms with E-state index in [2.05, 4.69) is 14.7 Å². The van der Waals surface area contributed by atoms with E-state index >= 15 is 0 Å². The van der Waals surface area contributed by atoms with Gasteiger partial charge in [-0.15, -0.1) is 11.3 Å². The number of esters is 1. The summed E-state index contributed by atoms with van der Waals surface area (Å²) in [4.78, 5) is 21.6. The molecule has 0 aliphatic carbocycles. The molecule has 0 amide bonds. The van der Waals surface area contributed by atoms with Gasteiger partial charge in [-0.1, -0.05) is 11.6 Å². The maximum absolute atomic E-state index is 11.5. The average Bonchev–Trinajstić information content (AvgIpc) is 2.78. The number of hydrogen-bond acceptors (Lipinski definition) is 6. The summed E-state index contributed by atoms with van der Waals surface area (Å²) in [6.07, 6.45) is 0. The molecule has 94 valence electrons. The molecule has 2 aromatic rings. The zero-order valence-corrected chi connectivity index (χ0v) is 11.3. The summed E-state index contributed by atoms with van der Waals surface area (Å²) in [7, 11) is 1.26. The predicted octanol–water partition coefficient (Wildman–Crippen LogP) is 2.54. The lowest BCUT2D eigenvalue weighted by Crippen LogP contribution is -2.09. The number of carbonyl (C=O) groups excluding carboxylic acids is 1. The van der Waals surface area contributed by atoms with E-state index in [0.717, 1.165) is 9.75 Å². The Bertz CT molecular complexity index is 612. The summed E-state index contributed by atoms with van der Waals surface area (Å²) in [5.41, 5.74) is 5.65. The summed E-state index contributed by atoms with van der Waals surface area (Å²) < 4.78 is 4.60. The van der Waals surface area contributed by atoms with Gasteiger partial charge >= 0.3 is 5.97 Å². The molecule has 0 bridgehead atoms. The van der Waals surface area contributed by atoms with Crippen LogP contribution in [0, 0.1) is 6.92 Å². The van der Waals surface area contributed by atoms with Crippen molar-refractivity contribution in [3.05, 3.63) is 27.7 Å². The van der Waals surface area contributed by atoms with Gasteiger partial charge < -0.3 is 10.5 Å². The van der Waals surface area contributed by atoms with Gasteiger partial charge in [0.15, 0.2) is 11.5 Å². The Hall–Kier alpha value is -1.66. The molecule has 0 fully saturated rings. The van der Waals surface area contributed by atoms with E-state index < -0.39 is 5.97 Å². The van der Waals surface area contributed by atoms with Crippen LogP contribution in [0.25, 0.3) is 10.7 Å². The van der Waals surface area contributed by atoms with Gasteiger partial charge in [-0.3, -0.25) is 0 Å². The van der Waals surface area contributed by atoms with Crippen molar-refractivity contribution in [1.82, 2.24) is 9.97 Å². The van der Waals surface area contributed by atoms with Gasteiger partial charge in [-0.05, 0) is 19.1 Å². The van der Waals surface area contributed by atoms with Crippen LogP contribution in [0.3, 0.4) is 0 Å². The Morgan fingerprint density at radius 3 is 2.72 bits per heavy atom. The van der Waals surface area contributed by atoms with Crippen LogP contribution < -0.4 is 5.73 Å². The fraction of sp³-hybridized carbons (Fsp3) is 0.182. The first-order chi connectivity index (χ1) is 8.52. The van der Waals surface area contributed by atoms with Gasteiger partial charge in [0.2, 0.25) is 0 Å². The third-order valence-corrected chi connectivity index (χ3v) is 3.59. The molecule has 0 radical (unpaired) electrons. The molecule has 2 rings (SSSR count). The molecule has 0 aliphatic rings. The molecule has 5 nitrogen and oxygen atoms in total. The number of methoxy groups -OCH3 is 1. The molecule has 2 aromatic heterocycles. The summed E-state index contributed by atoms with van der Waals surface area (Å²) in [6.45, 7) is 1.97. The number of nitrogen functional groups attached to an aromatic ring is 1. The normalized spacial score (nSPS) is 10.4. The Labute approximate surface area is 113 Å². The van der Waals surface area contributed by atoms with Crippen LogP contribution in [-0.4, -0.2) is 23.0 Å². The van der Waals surface area contributed by atoms with Crippen molar-refractivity contribution in [2.45, 2.75) is 6.92 Å². The monoisotopic (exact) mass is 283 g/mol. The lowest BCUT2D eigenvalue weighted by molar-refractivity contribution is 0.0594. The second-order valence-corrected chi connectivity index (χ2v) is 5.16. The van der Waals surface area contributed by atoms with Crippen LogP contribution in [0.5, 0.6) is 0 Å². The van der Waals surface area contributed by atoms with Gasteiger partial charge in [-0.25, -0.2) is 14.8 Å². The van der Waals surface area contributed by atoms with Crippen molar-refractivity contribution in [3.8, 4) is 10.7 Å². The molecule has 2 N–H and O–H groups in total. The van der Waals surface area contributed by atoms with Crippen molar-refractivity contribution in [3.63, 3.8) is 0 Å². The van der Waals surface area contributed by atoms with Crippen LogP contribution in [0.1, 0.15) is 15.4 Å². The number of aromatic nitrogens is 2. The van der Waals surface area contributed by atoms with Crippen molar-refractivity contribution in [2.75, 3.05) is 12.8 Å². The number of ether oxygens (including phenoxy) is 1. The van der Waals surface area contributed by atoms with Crippen LogP contribution in [-0.2, 0) is 4.74 Å². The van der Waals surface area contributed by atoms with Crippen LogP contribution in [0.2, 0.25) is 5.02 Å². The van der Waals surface area contributed by atoms with Gasteiger partial charge in [0, 0.05) is 4.88 Å². The van der Waals surface area contributed by atoms with Crippen LogP contribution >= 0.6 is 22.9 Å². The summed E-state index contributed by atoms with van der Waals surface area (Å²) in [6, 6.07) is 3.80. The number of nitrogens with zero attached hydrogens (tertiary/aromatic N) is 2. The highest BCUT2D eigenvalue weighted by Crippen LogP contribution is 2.29. The average molecular weight is 284 g/mol. The molecule has 0 unspecified atom stereocenters. The Balaban J connectivity index is 2.57. The minimum atomic E-state index is -0.636. The van der Waals surface area contributed by atoms with Crippen LogP contribution in [0.15, 0.2) is 12.1 Å².